The summed E-state index contributed by atoms with van der Waals surface area (Å²) < 4.78 is 78.9. The number of halogens is 6. The van der Waals surface area contributed by atoms with Crippen LogP contribution in [0.15, 0.2) is 54.7 Å². The topological polar surface area (TPSA) is 92.7 Å². The predicted molar refractivity (Wildman–Crippen MR) is 106 cm³/mol. The fourth-order valence-electron chi connectivity index (χ4n) is 2.92. The molecule has 0 aliphatic heterocycles. The Kier molecular flexibility index (Phi) is 6.21. The maximum Gasteiger partial charge on any atom is 0.416 e. The van der Waals surface area contributed by atoms with E-state index >= 15 is 0 Å². The minimum absolute atomic E-state index is 0.00271. The van der Waals surface area contributed by atoms with Crippen LogP contribution in [0.2, 0.25) is 0 Å². The van der Waals surface area contributed by atoms with Crippen molar-refractivity contribution in [3.05, 3.63) is 82.7 Å². The average Bonchev–Trinajstić information content (AvgIpc) is 2.76. The second-order valence-electron chi connectivity index (χ2n) is 6.68. The number of carbonyl (C=O) groups excluding carboxylic acids is 1. The van der Waals surface area contributed by atoms with Crippen LogP contribution in [0.25, 0.3) is 23.0 Å². The zero-order valence-electron chi connectivity index (χ0n) is 16.4. The number of hydrogen-bond donors (Lipinski definition) is 1. The van der Waals surface area contributed by atoms with Crippen molar-refractivity contribution in [2.24, 2.45) is 5.73 Å². The molecule has 2 N–H and O–H groups in total. The minimum Gasteiger partial charge on any atom is -0.366 e. The molecule has 0 aliphatic carbocycles. The van der Waals surface area contributed by atoms with Crippen molar-refractivity contribution >= 4 is 17.6 Å². The fourth-order valence-corrected chi connectivity index (χ4v) is 2.92. The molecular weight excluding hydrogens is 450 g/mol. The number of primary amides is 1. The zero-order chi connectivity index (χ0) is 24.4. The highest BCUT2D eigenvalue weighted by atomic mass is 19.4. The van der Waals surface area contributed by atoms with Gasteiger partial charge in [-0.05, 0) is 36.4 Å². The molecular formula is C22H12F6N4O. The van der Waals surface area contributed by atoms with E-state index in [2.05, 4.69) is 9.97 Å². The molecule has 0 fully saturated rings. The summed E-state index contributed by atoms with van der Waals surface area (Å²) >= 11 is 0. The molecule has 1 aromatic heterocycles. The monoisotopic (exact) mass is 462 g/mol. The highest BCUT2D eigenvalue weighted by Crippen LogP contribution is 2.38. The van der Waals surface area contributed by atoms with Gasteiger partial charge in [0.1, 0.15) is 0 Å². The van der Waals surface area contributed by atoms with Gasteiger partial charge >= 0.3 is 12.4 Å². The number of benzene rings is 2. The van der Waals surface area contributed by atoms with Crippen molar-refractivity contribution in [2.75, 3.05) is 0 Å². The van der Waals surface area contributed by atoms with E-state index in [1.54, 1.807) is 12.1 Å². The summed E-state index contributed by atoms with van der Waals surface area (Å²) in [7, 11) is 0. The molecule has 0 aliphatic rings. The fraction of sp³-hybridized carbons (Fsp3) is 0.0909. The predicted octanol–water partition coefficient (Wildman–Crippen LogP) is 5.08. The lowest BCUT2D eigenvalue weighted by Gasteiger charge is -2.14. The van der Waals surface area contributed by atoms with E-state index in [0.29, 0.717) is 12.1 Å². The molecule has 168 valence electrons. The molecule has 3 rings (SSSR count). The molecule has 2 aromatic carbocycles. The van der Waals surface area contributed by atoms with Gasteiger partial charge in [0.05, 0.1) is 28.5 Å². The van der Waals surface area contributed by atoms with Crippen LogP contribution in [0.3, 0.4) is 0 Å². The van der Waals surface area contributed by atoms with Gasteiger partial charge in [0.15, 0.2) is 5.82 Å². The molecule has 0 unspecified atom stereocenters. The number of carbonyl (C=O) groups is 1. The number of nitrogens with zero attached hydrogens (tertiary/aromatic N) is 3. The van der Waals surface area contributed by atoms with Crippen LogP contribution in [0.1, 0.15) is 27.9 Å². The van der Waals surface area contributed by atoms with Gasteiger partial charge in [-0.1, -0.05) is 18.2 Å². The van der Waals surface area contributed by atoms with E-state index < -0.39 is 40.8 Å². The molecule has 0 saturated heterocycles. The lowest BCUT2D eigenvalue weighted by molar-refractivity contribution is -0.143. The van der Waals surface area contributed by atoms with E-state index in [4.69, 9.17) is 5.73 Å². The third-order valence-corrected chi connectivity index (χ3v) is 4.42. The normalized spacial score (nSPS) is 12.3. The van der Waals surface area contributed by atoms with E-state index in [1.807, 2.05) is 6.07 Å². The van der Waals surface area contributed by atoms with Crippen molar-refractivity contribution in [3.63, 3.8) is 0 Å². The highest BCUT2D eigenvalue weighted by molar-refractivity contribution is 6.24. The second kappa shape index (κ2) is 8.74. The number of nitriles is 1. The molecule has 0 spiro atoms. The number of hydrogen-bond acceptors (Lipinski definition) is 4. The van der Waals surface area contributed by atoms with Crippen LogP contribution in [0.5, 0.6) is 0 Å². The smallest absolute Gasteiger partial charge is 0.366 e. The second-order valence-corrected chi connectivity index (χ2v) is 6.68. The highest BCUT2D eigenvalue weighted by Gasteiger charge is 2.37. The van der Waals surface area contributed by atoms with Crippen LogP contribution in [0, 0.1) is 11.3 Å². The van der Waals surface area contributed by atoms with Crippen molar-refractivity contribution < 1.29 is 31.1 Å². The largest absolute Gasteiger partial charge is 0.416 e. The first-order chi connectivity index (χ1) is 15.4. The van der Waals surface area contributed by atoms with Crippen LogP contribution in [-0.4, -0.2) is 15.9 Å². The summed E-state index contributed by atoms with van der Waals surface area (Å²) in [5.41, 5.74) is 2.03. The van der Waals surface area contributed by atoms with Crippen LogP contribution in [0.4, 0.5) is 26.3 Å². The number of alkyl halides is 6. The van der Waals surface area contributed by atoms with Crippen molar-refractivity contribution in [2.45, 2.75) is 12.4 Å². The van der Waals surface area contributed by atoms with Gasteiger partial charge in [0.2, 0.25) is 5.91 Å². The molecule has 0 bridgehead atoms. The number of aromatic nitrogens is 2. The summed E-state index contributed by atoms with van der Waals surface area (Å²) in [4.78, 5) is 19.7. The Morgan fingerprint density at radius 2 is 1.58 bits per heavy atom. The Hall–Kier alpha value is -4.20. The summed E-state index contributed by atoms with van der Waals surface area (Å²) in [6, 6.07) is 10.2. The van der Waals surface area contributed by atoms with Crippen molar-refractivity contribution in [1.82, 2.24) is 9.97 Å². The summed E-state index contributed by atoms with van der Waals surface area (Å²) in [6.07, 6.45) is -7.79. The van der Waals surface area contributed by atoms with Gasteiger partial charge in [-0.25, -0.2) is 9.97 Å². The lowest BCUT2D eigenvalue weighted by atomic mass is 9.99. The maximum absolute atomic E-state index is 13.2. The van der Waals surface area contributed by atoms with E-state index in [0.717, 1.165) is 6.20 Å². The minimum atomic E-state index is -5.03. The van der Waals surface area contributed by atoms with Gasteiger partial charge < -0.3 is 5.73 Å². The van der Waals surface area contributed by atoms with Crippen molar-refractivity contribution in [3.8, 4) is 17.5 Å². The summed E-state index contributed by atoms with van der Waals surface area (Å²) in [5.74, 6) is -1.35. The molecule has 5 nitrogen and oxygen atoms in total. The van der Waals surface area contributed by atoms with Gasteiger partial charge in [-0.15, -0.1) is 0 Å². The molecule has 1 amide bonds. The van der Waals surface area contributed by atoms with E-state index in [1.165, 1.54) is 24.3 Å². The standard InChI is InChI=1S/C22H12F6N4O/c23-21(24,25)14-7-13(8-15(9-14)22(26,27)28)20-31-6-5-16(32-20)10-18(19(30)33)17-4-2-1-3-12(17)11-29/h1-10H,(H2,30,33)/b18-10+. The molecule has 3 aromatic rings. The Morgan fingerprint density at radius 1 is 0.970 bits per heavy atom. The molecule has 0 radical (unpaired) electrons. The first kappa shape index (κ1) is 23.5. The van der Waals surface area contributed by atoms with Gasteiger partial charge in [-0.3, -0.25) is 4.79 Å². The van der Waals surface area contributed by atoms with Crippen LogP contribution < -0.4 is 5.73 Å². The number of nitrogens with two attached hydrogens (primary N) is 1. The third-order valence-electron chi connectivity index (χ3n) is 4.42. The van der Waals surface area contributed by atoms with Crippen molar-refractivity contribution in [1.29, 1.82) is 5.26 Å². The SMILES string of the molecule is N#Cc1ccccc1/C(=C\c1ccnc(-c2cc(C(F)(F)F)cc(C(F)(F)F)c2)n1)C(N)=O. The molecule has 0 atom stereocenters. The van der Waals surface area contributed by atoms with Crippen LogP contribution >= 0.6 is 0 Å². The lowest BCUT2D eigenvalue weighted by Crippen LogP contribution is -2.14. The summed E-state index contributed by atoms with van der Waals surface area (Å²) in [6.45, 7) is 0. The van der Waals surface area contributed by atoms with Gasteiger partial charge in [0.25, 0.3) is 0 Å². The Labute approximate surface area is 182 Å². The van der Waals surface area contributed by atoms with E-state index in [9.17, 15) is 36.4 Å². The first-order valence-corrected chi connectivity index (χ1v) is 9.04. The Morgan fingerprint density at radius 3 is 2.12 bits per heavy atom. The molecule has 33 heavy (non-hydrogen) atoms. The summed E-state index contributed by atoms with van der Waals surface area (Å²) in [5, 5.41) is 9.25. The van der Waals surface area contributed by atoms with Gasteiger partial charge in [0, 0.05) is 22.9 Å². The number of amides is 1. The quantitative estimate of drug-likeness (QED) is 0.432. The van der Waals surface area contributed by atoms with E-state index in [-0.39, 0.29) is 28.5 Å². The Bertz CT molecular complexity index is 1260. The zero-order valence-corrected chi connectivity index (χ0v) is 16.4. The average molecular weight is 462 g/mol. The molecule has 1 heterocycles. The Balaban J connectivity index is 2.16. The first-order valence-electron chi connectivity index (χ1n) is 9.04. The number of rotatable bonds is 4. The molecule has 0 saturated carbocycles. The van der Waals surface area contributed by atoms with Gasteiger partial charge in [-0.2, -0.15) is 31.6 Å². The molecule has 11 heteroatoms. The third kappa shape index (κ3) is 5.35. The van der Waals surface area contributed by atoms with Crippen LogP contribution in [-0.2, 0) is 17.1 Å². The maximum atomic E-state index is 13.2.